The standard InChI is InChI=1S/C29H23N3O3S/c1-19-28(31-29(36-19)23-10-4-5-14-30-23)21-12-13-26-24(17-21)32(27(33)18-35-26)15-16-34-25-11-6-8-20-7-2-3-9-22(20)25/h2-14,17H,15-16,18H2,1H3. The molecule has 0 saturated carbocycles. The Morgan fingerprint density at radius 1 is 1.03 bits per heavy atom. The van der Waals surface area contributed by atoms with Crippen LogP contribution < -0.4 is 14.4 Å². The summed E-state index contributed by atoms with van der Waals surface area (Å²) in [5.41, 5.74) is 3.40. The molecule has 0 spiro atoms. The highest BCUT2D eigenvalue weighted by Gasteiger charge is 2.26. The lowest BCUT2D eigenvalue weighted by Gasteiger charge is -2.29. The van der Waals surface area contributed by atoms with Crippen LogP contribution in [0.3, 0.4) is 0 Å². The number of amides is 1. The van der Waals surface area contributed by atoms with E-state index in [0.717, 1.165) is 49.0 Å². The predicted molar refractivity (Wildman–Crippen MR) is 143 cm³/mol. The molecule has 0 unspecified atom stereocenters. The monoisotopic (exact) mass is 493 g/mol. The average molecular weight is 494 g/mol. The number of rotatable bonds is 6. The van der Waals surface area contributed by atoms with Gasteiger partial charge in [0.1, 0.15) is 23.1 Å². The molecule has 0 radical (unpaired) electrons. The number of carbonyl (C=O) groups excluding carboxylic acids is 1. The third-order valence-electron chi connectivity index (χ3n) is 6.18. The van der Waals surface area contributed by atoms with Crippen molar-refractivity contribution in [3.05, 3.63) is 89.9 Å². The maximum absolute atomic E-state index is 12.8. The molecule has 1 aliphatic rings. The van der Waals surface area contributed by atoms with Crippen LogP contribution in [0.2, 0.25) is 0 Å². The van der Waals surface area contributed by atoms with Gasteiger partial charge in [0.2, 0.25) is 0 Å². The summed E-state index contributed by atoms with van der Waals surface area (Å²) in [4.78, 5) is 25.0. The Morgan fingerprint density at radius 3 is 2.78 bits per heavy atom. The van der Waals surface area contributed by atoms with Crippen LogP contribution in [0.4, 0.5) is 5.69 Å². The fourth-order valence-corrected chi connectivity index (χ4v) is 5.34. The maximum Gasteiger partial charge on any atom is 0.265 e. The molecular weight excluding hydrogens is 470 g/mol. The normalized spacial score (nSPS) is 12.9. The zero-order valence-corrected chi connectivity index (χ0v) is 20.5. The molecule has 6 rings (SSSR count). The summed E-state index contributed by atoms with van der Waals surface area (Å²) in [6.45, 7) is 2.84. The zero-order chi connectivity index (χ0) is 24.5. The van der Waals surface area contributed by atoms with Crippen LogP contribution in [0.15, 0.2) is 85.1 Å². The van der Waals surface area contributed by atoms with Crippen molar-refractivity contribution in [2.45, 2.75) is 6.92 Å². The molecule has 0 atom stereocenters. The number of ether oxygens (including phenoxy) is 2. The number of hydrogen-bond donors (Lipinski definition) is 0. The number of nitrogens with zero attached hydrogens (tertiary/aromatic N) is 3. The zero-order valence-electron chi connectivity index (χ0n) is 19.7. The molecule has 2 aromatic heterocycles. The quantitative estimate of drug-likeness (QED) is 0.284. The van der Waals surface area contributed by atoms with Crippen molar-refractivity contribution in [3.8, 4) is 33.5 Å². The van der Waals surface area contributed by atoms with E-state index in [1.54, 1.807) is 22.4 Å². The van der Waals surface area contributed by atoms with Crippen LogP contribution in [-0.2, 0) is 4.79 Å². The Balaban J connectivity index is 1.26. The Bertz CT molecular complexity index is 1560. The molecule has 0 bridgehead atoms. The van der Waals surface area contributed by atoms with E-state index in [4.69, 9.17) is 14.5 Å². The van der Waals surface area contributed by atoms with Crippen LogP contribution in [-0.4, -0.2) is 35.6 Å². The number of carbonyl (C=O) groups is 1. The van der Waals surface area contributed by atoms with Gasteiger partial charge in [0, 0.05) is 22.0 Å². The first-order valence-corrected chi connectivity index (χ1v) is 12.6. The molecule has 7 heteroatoms. The van der Waals surface area contributed by atoms with Gasteiger partial charge >= 0.3 is 0 Å². The molecule has 0 saturated heterocycles. The summed E-state index contributed by atoms with van der Waals surface area (Å²) < 4.78 is 11.8. The van der Waals surface area contributed by atoms with Gasteiger partial charge in [-0.05, 0) is 48.7 Å². The molecule has 0 fully saturated rings. The Kier molecular flexibility index (Phi) is 5.83. The number of benzene rings is 3. The SMILES string of the molecule is Cc1sc(-c2ccccn2)nc1-c1ccc2c(c1)N(CCOc1cccc3ccccc13)C(=O)CO2. The first kappa shape index (κ1) is 22.2. The van der Waals surface area contributed by atoms with E-state index in [9.17, 15) is 4.79 Å². The summed E-state index contributed by atoms with van der Waals surface area (Å²) in [6, 6.07) is 25.8. The van der Waals surface area contributed by atoms with E-state index in [1.807, 2.05) is 66.7 Å². The van der Waals surface area contributed by atoms with Crippen molar-refractivity contribution in [2.75, 3.05) is 24.7 Å². The maximum atomic E-state index is 12.8. The smallest absolute Gasteiger partial charge is 0.265 e. The number of anilines is 1. The fourth-order valence-electron chi connectivity index (χ4n) is 4.43. The van der Waals surface area contributed by atoms with Crippen molar-refractivity contribution in [3.63, 3.8) is 0 Å². The largest absolute Gasteiger partial charge is 0.491 e. The summed E-state index contributed by atoms with van der Waals surface area (Å²) in [6.07, 6.45) is 1.77. The van der Waals surface area contributed by atoms with Gasteiger partial charge in [-0.3, -0.25) is 9.78 Å². The van der Waals surface area contributed by atoms with E-state index in [1.165, 1.54) is 0 Å². The third-order valence-corrected chi connectivity index (χ3v) is 7.17. The summed E-state index contributed by atoms with van der Waals surface area (Å²) in [5, 5.41) is 3.04. The highest BCUT2D eigenvalue weighted by atomic mass is 32.1. The van der Waals surface area contributed by atoms with E-state index in [-0.39, 0.29) is 12.5 Å². The number of thiazole rings is 1. The topological polar surface area (TPSA) is 64.5 Å². The van der Waals surface area contributed by atoms with E-state index >= 15 is 0 Å². The number of hydrogen-bond acceptors (Lipinski definition) is 6. The van der Waals surface area contributed by atoms with Gasteiger partial charge in [-0.1, -0.05) is 42.5 Å². The highest BCUT2D eigenvalue weighted by molar-refractivity contribution is 7.15. The van der Waals surface area contributed by atoms with Gasteiger partial charge in [0.25, 0.3) is 5.91 Å². The van der Waals surface area contributed by atoms with E-state index in [2.05, 4.69) is 24.0 Å². The molecule has 0 N–H and O–H groups in total. The second-order valence-electron chi connectivity index (χ2n) is 8.48. The first-order chi connectivity index (χ1) is 17.7. The molecule has 5 aromatic rings. The Morgan fingerprint density at radius 2 is 1.89 bits per heavy atom. The Labute approximate surface area is 212 Å². The van der Waals surface area contributed by atoms with Gasteiger partial charge in [0.05, 0.1) is 23.6 Å². The van der Waals surface area contributed by atoms with Gasteiger partial charge < -0.3 is 14.4 Å². The third kappa shape index (κ3) is 4.18. The second-order valence-corrected chi connectivity index (χ2v) is 9.68. The molecule has 36 heavy (non-hydrogen) atoms. The minimum Gasteiger partial charge on any atom is -0.491 e. The van der Waals surface area contributed by atoms with Gasteiger partial charge in [-0.2, -0.15) is 0 Å². The first-order valence-electron chi connectivity index (χ1n) is 11.7. The summed E-state index contributed by atoms with van der Waals surface area (Å²) in [5.74, 6) is 1.40. The lowest BCUT2D eigenvalue weighted by Crippen LogP contribution is -2.41. The lowest BCUT2D eigenvalue weighted by molar-refractivity contribution is -0.121. The van der Waals surface area contributed by atoms with E-state index < -0.39 is 0 Å². The lowest BCUT2D eigenvalue weighted by atomic mass is 10.1. The highest BCUT2D eigenvalue weighted by Crippen LogP contribution is 2.39. The number of aromatic nitrogens is 2. The van der Waals surface area contributed by atoms with Crippen LogP contribution in [0.1, 0.15) is 4.88 Å². The molecular formula is C29H23N3O3S. The molecule has 3 heterocycles. The molecule has 0 aliphatic carbocycles. The molecule has 6 nitrogen and oxygen atoms in total. The minimum absolute atomic E-state index is 0.0141. The molecule has 3 aromatic carbocycles. The Hall–Kier alpha value is -4.23. The number of aryl methyl sites for hydroxylation is 1. The van der Waals surface area contributed by atoms with Gasteiger partial charge in [-0.25, -0.2) is 4.98 Å². The van der Waals surface area contributed by atoms with Crippen molar-refractivity contribution in [2.24, 2.45) is 0 Å². The van der Waals surface area contributed by atoms with Crippen LogP contribution in [0.25, 0.3) is 32.7 Å². The van der Waals surface area contributed by atoms with Gasteiger partial charge in [0.15, 0.2) is 6.61 Å². The fraction of sp³-hybridized carbons (Fsp3) is 0.138. The van der Waals surface area contributed by atoms with Crippen molar-refractivity contribution >= 4 is 33.7 Å². The van der Waals surface area contributed by atoms with Crippen molar-refractivity contribution in [1.82, 2.24) is 9.97 Å². The molecule has 1 aliphatic heterocycles. The second kappa shape index (κ2) is 9.43. The van der Waals surface area contributed by atoms with Crippen LogP contribution >= 0.6 is 11.3 Å². The number of fused-ring (bicyclic) bond motifs is 2. The average Bonchev–Trinajstić information content (AvgIpc) is 3.32. The van der Waals surface area contributed by atoms with Crippen LogP contribution in [0, 0.1) is 6.92 Å². The number of pyridine rings is 1. The summed E-state index contributed by atoms with van der Waals surface area (Å²) in [7, 11) is 0. The predicted octanol–water partition coefficient (Wildman–Crippen LogP) is 6.14. The molecule has 178 valence electrons. The van der Waals surface area contributed by atoms with Crippen molar-refractivity contribution in [1.29, 1.82) is 0 Å². The minimum atomic E-state index is -0.0923. The van der Waals surface area contributed by atoms with Crippen LogP contribution in [0.5, 0.6) is 11.5 Å². The molecule has 1 amide bonds. The van der Waals surface area contributed by atoms with Gasteiger partial charge in [-0.15, -0.1) is 11.3 Å². The van der Waals surface area contributed by atoms with Crippen molar-refractivity contribution < 1.29 is 14.3 Å². The summed E-state index contributed by atoms with van der Waals surface area (Å²) >= 11 is 1.61. The van der Waals surface area contributed by atoms with E-state index in [0.29, 0.717) is 18.9 Å².